The van der Waals surface area contributed by atoms with Crippen LogP contribution in [0.15, 0.2) is 25.6 Å². The Balaban J connectivity index is 1.60. The Kier molecular flexibility index (Phi) is 4.10. The van der Waals surface area contributed by atoms with Gasteiger partial charge in [0.05, 0.1) is 29.6 Å². The largest absolute Gasteiger partial charge is 0.373 e. The predicted molar refractivity (Wildman–Crippen MR) is 91.7 cm³/mol. The quantitative estimate of drug-likeness (QED) is 0.440. The van der Waals surface area contributed by atoms with E-state index in [1.807, 2.05) is 0 Å². The van der Waals surface area contributed by atoms with E-state index < -0.39 is 29.6 Å². The molecule has 3 aliphatic rings. The fourth-order valence-corrected chi connectivity index (χ4v) is 5.21. The molecule has 0 aromatic heterocycles. The highest BCUT2D eigenvalue weighted by Crippen LogP contribution is 2.48. The van der Waals surface area contributed by atoms with E-state index in [1.54, 1.807) is 12.1 Å². The number of carbonyl (C=O) groups is 3. The summed E-state index contributed by atoms with van der Waals surface area (Å²) in [6.45, 7) is 0. The molecule has 3 saturated heterocycles. The zero-order chi connectivity index (χ0) is 17.2. The molecular formula is C15H10Br3NO5. The molecule has 0 radical (unpaired) electrons. The second kappa shape index (κ2) is 5.89. The molecule has 4 unspecified atom stereocenters. The Bertz CT molecular complexity index is 755. The molecule has 126 valence electrons. The van der Waals surface area contributed by atoms with E-state index in [2.05, 4.69) is 47.8 Å². The Morgan fingerprint density at radius 2 is 1.58 bits per heavy atom. The van der Waals surface area contributed by atoms with Gasteiger partial charge in [-0.25, -0.2) is 4.79 Å². The molecule has 0 N–H and O–H groups in total. The fourth-order valence-electron chi connectivity index (χ4n) is 3.62. The molecule has 1 aromatic rings. The van der Waals surface area contributed by atoms with Crippen LogP contribution in [0.1, 0.15) is 23.2 Å². The van der Waals surface area contributed by atoms with E-state index in [4.69, 9.17) is 9.57 Å². The number of halogens is 3. The number of nitrogens with zero attached hydrogens (tertiary/aromatic N) is 1. The molecule has 4 atom stereocenters. The highest BCUT2D eigenvalue weighted by atomic mass is 79.9. The van der Waals surface area contributed by atoms with Gasteiger partial charge in [0.15, 0.2) is 0 Å². The summed E-state index contributed by atoms with van der Waals surface area (Å²) in [5.41, 5.74) is 0.196. The van der Waals surface area contributed by atoms with Gasteiger partial charge in [-0.15, -0.1) is 5.06 Å². The number of imide groups is 1. The summed E-state index contributed by atoms with van der Waals surface area (Å²) in [7, 11) is 0. The summed E-state index contributed by atoms with van der Waals surface area (Å²) in [6, 6.07) is 3.42. The van der Waals surface area contributed by atoms with Gasteiger partial charge in [-0.05, 0) is 72.8 Å². The molecular weight excluding hydrogens is 514 g/mol. The molecule has 1 aromatic carbocycles. The molecule has 0 spiro atoms. The summed E-state index contributed by atoms with van der Waals surface area (Å²) >= 11 is 9.89. The molecule has 9 heteroatoms. The van der Waals surface area contributed by atoms with Crippen molar-refractivity contribution in [3.63, 3.8) is 0 Å². The molecule has 2 bridgehead atoms. The van der Waals surface area contributed by atoms with Crippen molar-refractivity contribution < 1.29 is 24.0 Å². The van der Waals surface area contributed by atoms with Crippen molar-refractivity contribution in [2.45, 2.75) is 25.0 Å². The first kappa shape index (κ1) is 16.7. The maximum absolute atomic E-state index is 12.5. The van der Waals surface area contributed by atoms with Gasteiger partial charge in [0, 0.05) is 13.4 Å². The molecule has 6 nitrogen and oxygen atoms in total. The maximum atomic E-state index is 12.5. The van der Waals surface area contributed by atoms with Gasteiger partial charge in [0.1, 0.15) is 0 Å². The van der Waals surface area contributed by atoms with Crippen molar-refractivity contribution in [1.82, 2.24) is 5.06 Å². The molecule has 0 saturated carbocycles. The third-order valence-corrected chi connectivity index (χ3v) is 7.34. The normalized spacial score (nSPS) is 30.9. The first-order valence-corrected chi connectivity index (χ1v) is 9.67. The van der Waals surface area contributed by atoms with E-state index in [9.17, 15) is 14.4 Å². The van der Waals surface area contributed by atoms with Crippen LogP contribution in [0, 0.1) is 11.8 Å². The highest BCUT2D eigenvalue weighted by molar-refractivity contribution is 9.13. The maximum Gasteiger partial charge on any atom is 0.366 e. The van der Waals surface area contributed by atoms with Crippen molar-refractivity contribution >= 4 is 65.6 Å². The van der Waals surface area contributed by atoms with E-state index in [0.717, 1.165) is 12.8 Å². The third kappa shape index (κ3) is 2.32. The fraction of sp³-hybridized carbons (Fsp3) is 0.400. The Labute approximate surface area is 162 Å². The molecule has 4 rings (SSSR count). The van der Waals surface area contributed by atoms with Crippen LogP contribution >= 0.6 is 47.8 Å². The van der Waals surface area contributed by atoms with Crippen LogP contribution < -0.4 is 0 Å². The Hall–Kier alpha value is -0.770. The lowest BCUT2D eigenvalue weighted by atomic mass is 9.81. The Morgan fingerprint density at radius 1 is 1.04 bits per heavy atom. The monoisotopic (exact) mass is 521 g/mol. The van der Waals surface area contributed by atoms with Crippen molar-refractivity contribution in [3.8, 4) is 0 Å². The number of carbonyl (C=O) groups excluding carboxylic acids is 3. The number of benzene rings is 1. The first-order chi connectivity index (χ1) is 11.4. The smallest absolute Gasteiger partial charge is 0.366 e. The van der Waals surface area contributed by atoms with E-state index >= 15 is 0 Å². The molecule has 3 heterocycles. The highest BCUT2D eigenvalue weighted by Gasteiger charge is 2.63. The van der Waals surface area contributed by atoms with Crippen molar-refractivity contribution in [2.75, 3.05) is 0 Å². The van der Waals surface area contributed by atoms with Crippen LogP contribution in [-0.2, 0) is 19.2 Å². The minimum atomic E-state index is -0.787. The number of hydroxylamine groups is 2. The molecule has 3 aliphatic heterocycles. The van der Waals surface area contributed by atoms with Crippen LogP contribution in [0.25, 0.3) is 0 Å². The number of amides is 2. The van der Waals surface area contributed by atoms with Gasteiger partial charge in [-0.2, -0.15) is 0 Å². The lowest BCUT2D eigenvalue weighted by molar-refractivity contribution is -0.177. The second-order valence-electron chi connectivity index (χ2n) is 5.91. The molecule has 24 heavy (non-hydrogen) atoms. The van der Waals surface area contributed by atoms with E-state index in [0.29, 0.717) is 18.5 Å². The molecule has 2 amide bonds. The first-order valence-electron chi connectivity index (χ1n) is 7.29. The standard InChI is InChI=1S/C15H10Br3NO5/c16-5-1-2-6(17)12(18)9(5)15(22)24-19-13(20)10-7-3-4-8(23-7)11(10)14(19)21/h1-2,7-8,10-11H,3-4H2. The van der Waals surface area contributed by atoms with Crippen molar-refractivity contribution in [2.24, 2.45) is 11.8 Å². The third-order valence-electron chi connectivity index (χ3n) is 4.67. The van der Waals surface area contributed by atoms with E-state index in [-0.39, 0.29) is 17.8 Å². The average molecular weight is 524 g/mol. The Morgan fingerprint density at radius 3 is 2.17 bits per heavy atom. The van der Waals surface area contributed by atoms with Crippen LogP contribution in [0.2, 0.25) is 0 Å². The number of hydrogen-bond donors (Lipinski definition) is 0. The zero-order valence-corrected chi connectivity index (χ0v) is 16.8. The van der Waals surface area contributed by atoms with Gasteiger partial charge < -0.3 is 9.57 Å². The summed E-state index contributed by atoms with van der Waals surface area (Å²) in [6.07, 6.45) is 1.03. The van der Waals surface area contributed by atoms with Crippen LogP contribution in [0.3, 0.4) is 0 Å². The van der Waals surface area contributed by atoms with Crippen LogP contribution in [-0.4, -0.2) is 35.1 Å². The summed E-state index contributed by atoms with van der Waals surface area (Å²) < 4.78 is 7.26. The number of hydrogen-bond acceptors (Lipinski definition) is 5. The number of ether oxygens (including phenoxy) is 1. The number of rotatable bonds is 2. The average Bonchev–Trinajstić information content (AvgIpc) is 3.21. The molecule has 0 aliphatic carbocycles. The second-order valence-corrected chi connectivity index (χ2v) is 8.41. The van der Waals surface area contributed by atoms with Crippen molar-refractivity contribution in [3.05, 3.63) is 31.1 Å². The topological polar surface area (TPSA) is 72.9 Å². The van der Waals surface area contributed by atoms with Gasteiger partial charge in [-0.1, -0.05) is 0 Å². The minimum absolute atomic E-state index is 0.196. The van der Waals surface area contributed by atoms with E-state index in [1.165, 1.54) is 0 Å². The van der Waals surface area contributed by atoms with Gasteiger partial charge in [0.25, 0.3) is 11.8 Å². The number of fused-ring (bicyclic) bond motifs is 5. The summed E-state index contributed by atoms with van der Waals surface area (Å²) in [5, 5.41) is 0.616. The van der Waals surface area contributed by atoms with Crippen molar-refractivity contribution in [1.29, 1.82) is 0 Å². The molecule has 3 fully saturated rings. The van der Waals surface area contributed by atoms with Gasteiger partial charge >= 0.3 is 5.97 Å². The van der Waals surface area contributed by atoms with Gasteiger partial charge in [0.2, 0.25) is 0 Å². The lowest BCUT2D eigenvalue weighted by Crippen LogP contribution is -2.36. The lowest BCUT2D eigenvalue weighted by Gasteiger charge is -2.17. The van der Waals surface area contributed by atoms with Gasteiger partial charge in [-0.3, -0.25) is 9.59 Å². The minimum Gasteiger partial charge on any atom is -0.373 e. The summed E-state index contributed by atoms with van der Waals surface area (Å²) in [5.74, 6) is -2.83. The summed E-state index contributed by atoms with van der Waals surface area (Å²) in [4.78, 5) is 42.7. The SMILES string of the molecule is O=C(ON1C(=O)C2C3CCC(O3)C2C1=O)c1c(Br)ccc(Br)c1Br. The van der Waals surface area contributed by atoms with Crippen LogP contribution in [0.5, 0.6) is 0 Å². The zero-order valence-electron chi connectivity index (χ0n) is 12.0. The van der Waals surface area contributed by atoms with Crippen LogP contribution in [0.4, 0.5) is 0 Å². The predicted octanol–water partition coefficient (Wildman–Crippen LogP) is 3.21.